The largest absolute Gasteiger partial charge is 0.454 e. The number of rotatable bonds is 4. The van der Waals surface area contributed by atoms with E-state index in [0.29, 0.717) is 0 Å². The first kappa shape index (κ1) is 18.9. The lowest BCUT2D eigenvalue weighted by Gasteiger charge is -2.27. The van der Waals surface area contributed by atoms with Crippen LogP contribution in [0.2, 0.25) is 0 Å². The predicted molar refractivity (Wildman–Crippen MR) is 119 cm³/mol. The zero-order chi connectivity index (χ0) is 20.8. The first-order valence-corrected chi connectivity index (χ1v) is 10.6. The van der Waals surface area contributed by atoms with Crippen LogP contribution in [0.3, 0.4) is 0 Å². The molecule has 0 aliphatic carbocycles. The summed E-state index contributed by atoms with van der Waals surface area (Å²) in [4.78, 5) is 6.86. The molecule has 4 heterocycles. The van der Waals surface area contributed by atoms with Gasteiger partial charge in [0.15, 0.2) is 16.6 Å². The number of hydrogen-bond donors (Lipinski definition) is 1. The number of thiocarbonyl (C=S) groups is 1. The van der Waals surface area contributed by atoms with E-state index in [-0.39, 0.29) is 18.9 Å². The van der Waals surface area contributed by atoms with Crippen molar-refractivity contribution in [3.8, 4) is 17.2 Å². The maximum Gasteiger partial charge on any atom is 0.231 e. The van der Waals surface area contributed by atoms with E-state index in [0.717, 1.165) is 40.2 Å². The Kier molecular flexibility index (Phi) is 4.62. The Balaban J connectivity index is 1.61. The number of nitrogens with one attached hydrogen (secondary N) is 1. The highest BCUT2D eigenvalue weighted by atomic mass is 32.1. The quantitative estimate of drug-likeness (QED) is 0.638. The van der Waals surface area contributed by atoms with Crippen molar-refractivity contribution in [3.05, 3.63) is 71.3 Å². The number of aryl methyl sites for hydroxylation is 1. The van der Waals surface area contributed by atoms with E-state index >= 15 is 0 Å². The minimum absolute atomic E-state index is 0.00403. The molecule has 2 aromatic heterocycles. The van der Waals surface area contributed by atoms with Crippen LogP contribution in [0, 0.1) is 13.8 Å². The second kappa shape index (κ2) is 7.32. The van der Waals surface area contributed by atoms with Crippen molar-refractivity contribution in [2.45, 2.75) is 32.9 Å². The third-order valence-electron chi connectivity index (χ3n) is 5.94. The summed E-state index contributed by atoms with van der Waals surface area (Å²) in [7, 11) is 0. The Bertz CT molecular complexity index is 1110. The van der Waals surface area contributed by atoms with Crippen LogP contribution in [0.4, 0.5) is 0 Å². The van der Waals surface area contributed by atoms with Gasteiger partial charge in [0.2, 0.25) is 6.79 Å². The number of benzene rings is 1. The van der Waals surface area contributed by atoms with Gasteiger partial charge in [0.1, 0.15) is 0 Å². The van der Waals surface area contributed by atoms with E-state index in [2.05, 4.69) is 58.7 Å². The van der Waals surface area contributed by atoms with E-state index in [4.69, 9.17) is 21.7 Å². The third-order valence-corrected chi connectivity index (χ3v) is 6.29. The van der Waals surface area contributed by atoms with Crippen molar-refractivity contribution in [2.24, 2.45) is 0 Å². The topological polar surface area (TPSA) is 51.6 Å². The second-order valence-corrected chi connectivity index (χ2v) is 8.00. The highest BCUT2D eigenvalue weighted by Gasteiger charge is 2.40. The lowest BCUT2D eigenvalue weighted by Crippen LogP contribution is -2.29. The van der Waals surface area contributed by atoms with Gasteiger partial charge >= 0.3 is 0 Å². The van der Waals surface area contributed by atoms with Crippen LogP contribution in [-0.2, 0) is 0 Å². The van der Waals surface area contributed by atoms with Gasteiger partial charge in [0.05, 0.1) is 17.8 Å². The number of hydrogen-bond acceptors (Lipinski definition) is 4. The fraction of sp³-hybridized carbons (Fsp3) is 0.304. The average molecular weight is 421 g/mol. The number of fused-ring (bicyclic) bond motifs is 1. The van der Waals surface area contributed by atoms with Crippen molar-refractivity contribution in [2.75, 3.05) is 13.3 Å². The molecule has 0 radical (unpaired) electrons. The number of nitrogens with zero attached hydrogens (tertiary/aromatic N) is 3. The van der Waals surface area contributed by atoms with Crippen molar-refractivity contribution in [1.82, 2.24) is 19.8 Å². The van der Waals surface area contributed by atoms with E-state index in [1.165, 1.54) is 11.3 Å². The molecular weight excluding hydrogens is 396 g/mol. The van der Waals surface area contributed by atoms with Gasteiger partial charge in [-0.3, -0.25) is 4.98 Å². The minimum Gasteiger partial charge on any atom is -0.454 e. The molecule has 1 fully saturated rings. The number of aromatic nitrogens is 2. The van der Waals surface area contributed by atoms with E-state index in [9.17, 15) is 0 Å². The Hall–Kier alpha value is -3.06. The molecule has 2 aliphatic heterocycles. The summed E-state index contributed by atoms with van der Waals surface area (Å²) in [5.74, 6) is 1.57. The molecular formula is C23H24N4O2S. The van der Waals surface area contributed by atoms with Crippen molar-refractivity contribution in [1.29, 1.82) is 0 Å². The Morgan fingerprint density at radius 1 is 1.13 bits per heavy atom. The van der Waals surface area contributed by atoms with Gasteiger partial charge in [-0.05, 0) is 68.9 Å². The smallest absolute Gasteiger partial charge is 0.231 e. The molecule has 30 heavy (non-hydrogen) atoms. The summed E-state index contributed by atoms with van der Waals surface area (Å²) in [5.41, 5.74) is 5.65. The van der Waals surface area contributed by atoms with E-state index < -0.39 is 0 Å². The summed E-state index contributed by atoms with van der Waals surface area (Å²) < 4.78 is 13.3. The highest BCUT2D eigenvalue weighted by molar-refractivity contribution is 7.80. The maximum absolute atomic E-state index is 5.67. The van der Waals surface area contributed by atoms with Gasteiger partial charge in [-0.2, -0.15) is 0 Å². The minimum atomic E-state index is 0.00403. The number of pyridine rings is 1. The van der Waals surface area contributed by atoms with Crippen LogP contribution in [0.25, 0.3) is 5.69 Å². The molecule has 7 heteroatoms. The maximum atomic E-state index is 5.67. The lowest BCUT2D eigenvalue weighted by molar-refractivity contribution is 0.174. The standard InChI is InChI=1S/C23H24N4O2S/c1-4-26-22(21(25-23(26)30)18-7-5-6-10-24-18)17-11-14(2)27(15(17)3)16-8-9-19-20(12-16)29-13-28-19/h5-12,21-22H,4,13H2,1-3H3,(H,25,30)/t21-,22+/m0/s1. The van der Waals surface area contributed by atoms with Gasteiger partial charge in [0, 0.05) is 35.9 Å². The summed E-state index contributed by atoms with van der Waals surface area (Å²) in [6, 6.07) is 14.4. The fourth-order valence-electron chi connectivity index (χ4n) is 4.59. The van der Waals surface area contributed by atoms with E-state index in [1.807, 2.05) is 30.5 Å². The molecule has 0 saturated carbocycles. The molecule has 0 bridgehead atoms. The van der Waals surface area contributed by atoms with Crippen LogP contribution in [0.1, 0.15) is 41.7 Å². The second-order valence-electron chi connectivity index (χ2n) is 7.61. The first-order valence-electron chi connectivity index (χ1n) is 10.2. The normalized spacial score (nSPS) is 20.0. The fourth-order valence-corrected chi connectivity index (χ4v) is 4.96. The van der Waals surface area contributed by atoms with Crippen molar-refractivity contribution in [3.63, 3.8) is 0 Å². The molecule has 3 aromatic rings. The lowest BCUT2D eigenvalue weighted by atomic mass is 9.97. The van der Waals surface area contributed by atoms with Crippen LogP contribution < -0.4 is 14.8 Å². The van der Waals surface area contributed by atoms with Crippen LogP contribution in [0.5, 0.6) is 11.5 Å². The van der Waals surface area contributed by atoms with Gasteiger partial charge in [0.25, 0.3) is 0 Å². The molecule has 0 spiro atoms. The van der Waals surface area contributed by atoms with Crippen molar-refractivity contribution < 1.29 is 9.47 Å². The first-order chi connectivity index (χ1) is 14.6. The summed E-state index contributed by atoms with van der Waals surface area (Å²) >= 11 is 5.67. The van der Waals surface area contributed by atoms with Gasteiger partial charge in [-0.1, -0.05) is 6.07 Å². The Morgan fingerprint density at radius 2 is 1.97 bits per heavy atom. The highest BCUT2D eigenvalue weighted by Crippen LogP contribution is 2.42. The molecule has 1 aromatic carbocycles. The van der Waals surface area contributed by atoms with Crippen LogP contribution in [-0.4, -0.2) is 32.9 Å². The molecule has 5 rings (SSSR count). The zero-order valence-corrected chi connectivity index (χ0v) is 18.1. The molecule has 154 valence electrons. The predicted octanol–water partition coefficient (Wildman–Crippen LogP) is 4.21. The third kappa shape index (κ3) is 2.92. The monoisotopic (exact) mass is 420 g/mol. The number of ether oxygens (including phenoxy) is 2. The molecule has 2 atom stereocenters. The van der Waals surface area contributed by atoms with Crippen LogP contribution >= 0.6 is 12.2 Å². The molecule has 0 amide bonds. The van der Waals surface area contributed by atoms with Gasteiger partial charge < -0.3 is 24.3 Å². The molecule has 6 nitrogen and oxygen atoms in total. The number of likely N-dealkylation sites (N-methyl/N-ethyl adjacent to an activating group) is 1. The zero-order valence-electron chi connectivity index (χ0n) is 17.3. The molecule has 2 aliphatic rings. The molecule has 0 unspecified atom stereocenters. The summed E-state index contributed by atoms with van der Waals surface area (Å²) in [6.45, 7) is 7.54. The van der Waals surface area contributed by atoms with Gasteiger partial charge in [-0.15, -0.1) is 0 Å². The summed E-state index contributed by atoms with van der Waals surface area (Å²) in [5, 5.41) is 4.27. The SMILES string of the molecule is CCN1C(=S)N[C@@H](c2ccccn2)[C@H]1c1cc(C)n(-c2ccc3c(c2)OCO3)c1C. The average Bonchev–Trinajstić information content (AvgIpc) is 3.43. The Labute approximate surface area is 181 Å². The Morgan fingerprint density at radius 3 is 2.73 bits per heavy atom. The summed E-state index contributed by atoms with van der Waals surface area (Å²) in [6.07, 6.45) is 1.83. The van der Waals surface area contributed by atoms with Gasteiger partial charge in [-0.25, -0.2) is 0 Å². The van der Waals surface area contributed by atoms with E-state index in [1.54, 1.807) is 0 Å². The van der Waals surface area contributed by atoms with Crippen LogP contribution in [0.15, 0.2) is 48.7 Å². The van der Waals surface area contributed by atoms with Crippen molar-refractivity contribution >= 4 is 17.3 Å². The molecule has 1 N–H and O–H groups in total. The molecule has 1 saturated heterocycles.